The molecule has 16 rings (SSSR count). The van der Waals surface area contributed by atoms with Crippen molar-refractivity contribution in [2.75, 3.05) is 0 Å². The van der Waals surface area contributed by atoms with Crippen molar-refractivity contribution in [2.45, 2.75) is 0 Å². The molecular weight excluding hydrogens is 949 g/mol. The van der Waals surface area contributed by atoms with Crippen LogP contribution in [0.5, 0.6) is 0 Å². The second kappa shape index (κ2) is 16.4. The molecule has 16 aromatic rings. The van der Waals surface area contributed by atoms with Gasteiger partial charge in [0.25, 0.3) is 0 Å². The molecule has 10 nitrogen and oxygen atoms in total. The molecule has 76 heavy (non-hydrogen) atoms. The predicted octanol–water partition coefficient (Wildman–Crippen LogP) is 11.5. The molecule has 6 aromatic heterocycles. The molecule has 0 atom stereocenters. The molecule has 11 heteroatoms. The fourth-order valence-electron chi connectivity index (χ4n) is 12.1. The summed E-state index contributed by atoms with van der Waals surface area (Å²) in [6, 6.07) is 91.1. The molecule has 0 saturated heterocycles. The van der Waals surface area contributed by atoms with E-state index in [-0.39, 0.29) is 0 Å². The number of benzene rings is 10. The van der Waals surface area contributed by atoms with Gasteiger partial charge >= 0.3 is 0 Å². The topological polar surface area (TPSA) is 88.1 Å². The van der Waals surface area contributed by atoms with Crippen LogP contribution in [0.25, 0.3) is 106 Å². The van der Waals surface area contributed by atoms with Crippen LogP contribution in [0.3, 0.4) is 0 Å². The number of fused-ring (bicyclic) bond motifs is 13. The first-order valence-electron chi connectivity index (χ1n) is 25.5. The molecular formula is C65H42N10Si. The first-order valence-corrected chi connectivity index (χ1v) is 27.5. The van der Waals surface area contributed by atoms with Crippen molar-refractivity contribution < 1.29 is 0 Å². The maximum atomic E-state index is 5.44. The Bertz CT molecular complexity index is 4690. The van der Waals surface area contributed by atoms with Crippen LogP contribution in [0.2, 0.25) is 0 Å². The zero-order valence-electron chi connectivity index (χ0n) is 40.7. The maximum Gasteiger partial charge on any atom is 0.242 e. The zero-order valence-corrected chi connectivity index (χ0v) is 41.7. The lowest BCUT2D eigenvalue weighted by atomic mass is 10.2. The summed E-state index contributed by atoms with van der Waals surface area (Å²) in [5.74, 6) is 2.82. The number of imidazole rings is 4. The fourth-order valence-corrected chi connectivity index (χ4v) is 16.9. The predicted molar refractivity (Wildman–Crippen MR) is 309 cm³/mol. The van der Waals surface area contributed by atoms with Crippen LogP contribution < -0.4 is 20.7 Å². The van der Waals surface area contributed by atoms with E-state index in [0.29, 0.717) is 29.3 Å². The Morgan fingerprint density at radius 1 is 0.276 bits per heavy atom. The van der Waals surface area contributed by atoms with E-state index in [2.05, 4.69) is 253 Å². The van der Waals surface area contributed by atoms with Crippen LogP contribution in [-0.4, -0.2) is 55.5 Å². The minimum absolute atomic E-state index is 0.441. The molecule has 0 saturated carbocycles. The standard InChI is InChI=1S/C65H42N10Si/c1-3-21-45(22-4-1)76(46-23-5-2-6-24-46,48-25-19-20-44(42-48)71-53-30-11-7-26-49(53)50-27-8-12-31-54(50)71)47-40-38-43(39-41-47)61-68-62(74-59-36-17-15-34-57(59)72-55-32-13-9-28-51(55)66-64(72)74)70-63(69-61)75-60-37-18-16-35-58(60)73-56-33-14-10-29-52(56)67-65(73)75/h1-42H. The number of rotatable bonds is 8. The van der Waals surface area contributed by atoms with Gasteiger partial charge in [0, 0.05) is 22.0 Å². The van der Waals surface area contributed by atoms with E-state index in [9.17, 15) is 0 Å². The van der Waals surface area contributed by atoms with Crippen molar-refractivity contribution in [3.05, 3.63) is 255 Å². The SMILES string of the molecule is c1ccc([Si](c2ccccc2)(c2ccc(-c3nc(-n4c5ccccc5n5c6ccccc6nc45)nc(-n4c5ccccc5n5c6ccccc6nc45)n3)cc2)c2cccc(-n3c4ccccc4c4ccccc43)c2)cc1. The van der Waals surface area contributed by atoms with Crippen molar-refractivity contribution in [2.24, 2.45) is 0 Å². The highest BCUT2D eigenvalue weighted by molar-refractivity contribution is 7.19. The Hall–Kier alpha value is -10.2. The largest absolute Gasteiger partial charge is 0.309 e. The van der Waals surface area contributed by atoms with Gasteiger partial charge in [-0.25, -0.2) is 19.1 Å². The molecule has 0 aliphatic heterocycles. The van der Waals surface area contributed by atoms with Gasteiger partial charge in [-0.2, -0.15) is 15.0 Å². The molecule has 6 heterocycles. The van der Waals surface area contributed by atoms with Crippen LogP contribution in [0.4, 0.5) is 0 Å². The van der Waals surface area contributed by atoms with Crippen LogP contribution in [0, 0.1) is 0 Å². The number of hydrogen-bond donors (Lipinski definition) is 0. The molecule has 356 valence electrons. The quantitative estimate of drug-likeness (QED) is 0.112. The summed E-state index contributed by atoms with van der Waals surface area (Å²) in [6.07, 6.45) is 0. The Morgan fingerprint density at radius 2 is 0.684 bits per heavy atom. The third-order valence-corrected chi connectivity index (χ3v) is 20.1. The van der Waals surface area contributed by atoms with Crippen molar-refractivity contribution in [3.63, 3.8) is 0 Å². The normalized spacial score (nSPS) is 12.2. The Labute approximate surface area is 435 Å². The molecule has 0 aliphatic rings. The van der Waals surface area contributed by atoms with E-state index in [1.807, 2.05) is 24.3 Å². The first-order chi connectivity index (χ1) is 37.7. The molecule has 0 amide bonds. The molecule has 10 aromatic carbocycles. The number of para-hydroxylation sites is 10. The van der Waals surface area contributed by atoms with E-state index in [4.69, 9.17) is 24.9 Å². The van der Waals surface area contributed by atoms with Gasteiger partial charge in [0.05, 0.1) is 55.2 Å². The van der Waals surface area contributed by atoms with Gasteiger partial charge in [0.15, 0.2) is 13.9 Å². The summed E-state index contributed by atoms with van der Waals surface area (Å²) >= 11 is 0. The van der Waals surface area contributed by atoms with Gasteiger partial charge in [-0.05, 0) is 93.5 Å². The van der Waals surface area contributed by atoms with Crippen molar-refractivity contribution in [1.82, 2.24) is 47.4 Å². The summed E-state index contributed by atoms with van der Waals surface area (Å²) in [5.41, 5.74) is 11.9. The Morgan fingerprint density at radius 3 is 1.20 bits per heavy atom. The average Bonchev–Trinajstić information content (AvgIpc) is 4.36. The highest BCUT2D eigenvalue weighted by atomic mass is 28.3. The summed E-state index contributed by atoms with van der Waals surface area (Å²) < 4.78 is 10.9. The summed E-state index contributed by atoms with van der Waals surface area (Å²) in [7, 11) is -3.06. The Kier molecular flexibility index (Phi) is 9.12. The second-order valence-corrected chi connectivity index (χ2v) is 23.2. The lowest BCUT2D eigenvalue weighted by Crippen LogP contribution is -2.74. The highest BCUT2D eigenvalue weighted by Crippen LogP contribution is 2.34. The third-order valence-electron chi connectivity index (χ3n) is 15.3. The fraction of sp³-hybridized carbons (Fsp3) is 0. The highest BCUT2D eigenvalue weighted by Gasteiger charge is 2.42. The van der Waals surface area contributed by atoms with Crippen LogP contribution >= 0.6 is 0 Å². The molecule has 0 bridgehead atoms. The summed E-state index contributed by atoms with van der Waals surface area (Å²) in [4.78, 5) is 26.8. The van der Waals surface area contributed by atoms with Crippen molar-refractivity contribution in [3.8, 4) is 29.0 Å². The van der Waals surface area contributed by atoms with Gasteiger partial charge in [-0.3, -0.25) is 8.80 Å². The van der Waals surface area contributed by atoms with Gasteiger partial charge in [-0.15, -0.1) is 0 Å². The molecule has 0 aliphatic carbocycles. The van der Waals surface area contributed by atoms with E-state index in [0.717, 1.165) is 55.4 Å². The second-order valence-electron chi connectivity index (χ2n) is 19.4. The van der Waals surface area contributed by atoms with Gasteiger partial charge in [-0.1, -0.05) is 182 Å². The van der Waals surface area contributed by atoms with Crippen molar-refractivity contribution >= 4 is 106 Å². The van der Waals surface area contributed by atoms with E-state index >= 15 is 0 Å². The lowest BCUT2D eigenvalue weighted by molar-refractivity contribution is 0.877. The van der Waals surface area contributed by atoms with E-state index in [1.54, 1.807) is 0 Å². The lowest BCUT2D eigenvalue weighted by Gasteiger charge is -2.35. The molecule has 0 N–H and O–H groups in total. The molecule has 0 radical (unpaired) electrons. The molecule has 0 spiro atoms. The number of nitrogens with zero attached hydrogens (tertiary/aromatic N) is 10. The summed E-state index contributed by atoms with van der Waals surface area (Å²) in [5, 5.41) is 7.53. The van der Waals surface area contributed by atoms with E-state index < -0.39 is 8.07 Å². The Balaban J connectivity index is 0.941. The first kappa shape index (κ1) is 42.3. The summed E-state index contributed by atoms with van der Waals surface area (Å²) in [6.45, 7) is 0. The van der Waals surface area contributed by atoms with Gasteiger partial charge in [0.1, 0.15) is 0 Å². The minimum Gasteiger partial charge on any atom is -0.309 e. The van der Waals surface area contributed by atoms with Crippen molar-refractivity contribution in [1.29, 1.82) is 0 Å². The third kappa shape index (κ3) is 6.05. The van der Waals surface area contributed by atoms with Gasteiger partial charge in [0.2, 0.25) is 23.5 Å². The zero-order chi connectivity index (χ0) is 49.9. The maximum absolute atomic E-state index is 5.44. The van der Waals surface area contributed by atoms with E-state index in [1.165, 1.54) is 42.6 Å². The van der Waals surface area contributed by atoms with Crippen LogP contribution in [0.1, 0.15) is 0 Å². The average molecular weight is 991 g/mol. The van der Waals surface area contributed by atoms with Gasteiger partial charge < -0.3 is 4.57 Å². The van der Waals surface area contributed by atoms with Crippen LogP contribution in [-0.2, 0) is 0 Å². The number of hydrogen-bond acceptors (Lipinski definition) is 5. The smallest absolute Gasteiger partial charge is 0.242 e. The van der Waals surface area contributed by atoms with Crippen LogP contribution in [0.15, 0.2) is 255 Å². The minimum atomic E-state index is -3.06. The molecule has 0 unspecified atom stereocenters. The monoisotopic (exact) mass is 990 g/mol. The molecule has 0 fully saturated rings. The number of aromatic nitrogens is 10.